The largest absolute Gasteiger partial charge is 0.457 e. The fourth-order valence-corrected chi connectivity index (χ4v) is 5.49. The predicted molar refractivity (Wildman–Crippen MR) is 108 cm³/mol. The van der Waals surface area contributed by atoms with Gasteiger partial charge in [0.1, 0.15) is 16.9 Å². The van der Waals surface area contributed by atoms with Crippen molar-refractivity contribution < 1.29 is 9.53 Å². The van der Waals surface area contributed by atoms with Gasteiger partial charge in [0.25, 0.3) is 0 Å². The van der Waals surface area contributed by atoms with E-state index in [4.69, 9.17) is 4.74 Å². The molecule has 3 nitrogen and oxygen atoms in total. The number of anilines is 1. The van der Waals surface area contributed by atoms with Crippen LogP contribution in [0.2, 0.25) is 0 Å². The van der Waals surface area contributed by atoms with Gasteiger partial charge >= 0.3 is 0 Å². The standard InChI is InChI=1S/C19H14BrNO2S2/c20-17-11-10-16(25-17)19-21(18(22)12-24-19)13-6-8-15(9-7-13)23-14-4-2-1-3-5-14/h1-11,19H,12H2. The zero-order valence-corrected chi connectivity index (χ0v) is 16.3. The van der Waals surface area contributed by atoms with Gasteiger partial charge in [-0.3, -0.25) is 9.69 Å². The molecule has 0 aliphatic carbocycles. The number of para-hydroxylation sites is 1. The van der Waals surface area contributed by atoms with E-state index in [1.807, 2.05) is 65.6 Å². The minimum atomic E-state index is 0.0321. The number of hydrogen-bond donors (Lipinski definition) is 0. The molecule has 1 unspecified atom stereocenters. The Kier molecular flexibility index (Phi) is 4.83. The van der Waals surface area contributed by atoms with E-state index < -0.39 is 0 Å². The van der Waals surface area contributed by atoms with Crippen molar-refractivity contribution in [2.24, 2.45) is 0 Å². The van der Waals surface area contributed by atoms with Crippen LogP contribution in [0.5, 0.6) is 11.5 Å². The number of rotatable bonds is 4. The molecule has 1 saturated heterocycles. The number of carbonyl (C=O) groups is 1. The lowest BCUT2D eigenvalue weighted by molar-refractivity contribution is -0.115. The molecule has 1 aliphatic rings. The number of hydrogen-bond acceptors (Lipinski definition) is 4. The number of halogens is 1. The summed E-state index contributed by atoms with van der Waals surface area (Å²) in [4.78, 5) is 15.5. The van der Waals surface area contributed by atoms with E-state index in [9.17, 15) is 4.79 Å². The van der Waals surface area contributed by atoms with Crippen LogP contribution < -0.4 is 9.64 Å². The maximum Gasteiger partial charge on any atom is 0.238 e. The molecule has 0 N–H and O–H groups in total. The zero-order valence-electron chi connectivity index (χ0n) is 13.1. The van der Waals surface area contributed by atoms with Gasteiger partial charge in [0.15, 0.2) is 0 Å². The summed E-state index contributed by atoms with van der Waals surface area (Å²) in [6, 6.07) is 21.5. The van der Waals surface area contributed by atoms with Crippen LogP contribution in [-0.2, 0) is 4.79 Å². The summed E-state index contributed by atoms with van der Waals surface area (Å²) in [6.07, 6.45) is 0. The first-order valence-electron chi connectivity index (χ1n) is 7.72. The molecule has 0 spiro atoms. The topological polar surface area (TPSA) is 29.5 Å². The summed E-state index contributed by atoms with van der Waals surface area (Å²) in [5.74, 6) is 2.19. The number of ether oxygens (including phenoxy) is 1. The number of benzene rings is 2. The third kappa shape index (κ3) is 3.61. The second kappa shape index (κ2) is 7.23. The Bertz CT molecular complexity index is 880. The average Bonchev–Trinajstić information content (AvgIpc) is 3.22. The molecular weight excluding hydrogens is 418 g/mol. The highest BCUT2D eigenvalue weighted by molar-refractivity contribution is 9.11. The molecule has 1 aromatic heterocycles. The molecule has 126 valence electrons. The minimum absolute atomic E-state index is 0.0321. The number of amides is 1. The summed E-state index contributed by atoms with van der Waals surface area (Å²) < 4.78 is 6.90. The molecule has 1 aliphatic heterocycles. The highest BCUT2D eigenvalue weighted by Gasteiger charge is 2.34. The van der Waals surface area contributed by atoms with E-state index in [-0.39, 0.29) is 11.3 Å². The van der Waals surface area contributed by atoms with Crippen molar-refractivity contribution in [3.63, 3.8) is 0 Å². The van der Waals surface area contributed by atoms with Crippen molar-refractivity contribution in [1.29, 1.82) is 0 Å². The summed E-state index contributed by atoms with van der Waals surface area (Å²) in [6.45, 7) is 0. The van der Waals surface area contributed by atoms with E-state index in [2.05, 4.69) is 22.0 Å². The molecule has 1 fully saturated rings. The maximum absolute atomic E-state index is 12.4. The van der Waals surface area contributed by atoms with Crippen molar-refractivity contribution in [3.05, 3.63) is 75.4 Å². The van der Waals surface area contributed by atoms with Gasteiger partial charge in [-0.25, -0.2) is 0 Å². The number of carbonyl (C=O) groups excluding carboxylic acids is 1. The lowest BCUT2D eigenvalue weighted by atomic mass is 10.2. The van der Waals surface area contributed by atoms with Gasteiger partial charge < -0.3 is 4.74 Å². The molecule has 1 atom stereocenters. The molecule has 2 heterocycles. The maximum atomic E-state index is 12.4. The number of nitrogens with zero attached hydrogens (tertiary/aromatic N) is 1. The van der Waals surface area contributed by atoms with E-state index in [0.29, 0.717) is 5.75 Å². The van der Waals surface area contributed by atoms with Crippen molar-refractivity contribution in [1.82, 2.24) is 0 Å². The van der Waals surface area contributed by atoms with E-state index >= 15 is 0 Å². The van der Waals surface area contributed by atoms with Gasteiger partial charge in [0, 0.05) is 10.6 Å². The van der Waals surface area contributed by atoms with Gasteiger partial charge in [-0.1, -0.05) is 18.2 Å². The minimum Gasteiger partial charge on any atom is -0.457 e. The fourth-order valence-electron chi connectivity index (χ4n) is 2.67. The molecule has 0 radical (unpaired) electrons. The molecule has 1 amide bonds. The second-order valence-electron chi connectivity index (χ2n) is 5.48. The first-order valence-corrected chi connectivity index (χ1v) is 10.4. The van der Waals surface area contributed by atoms with E-state index in [0.717, 1.165) is 21.0 Å². The fraction of sp³-hybridized carbons (Fsp3) is 0.105. The smallest absolute Gasteiger partial charge is 0.238 e. The third-order valence-electron chi connectivity index (χ3n) is 3.80. The summed E-state index contributed by atoms with van der Waals surface area (Å²) in [5.41, 5.74) is 0.893. The van der Waals surface area contributed by atoms with Crippen molar-refractivity contribution in [2.45, 2.75) is 5.37 Å². The molecule has 3 aromatic rings. The van der Waals surface area contributed by atoms with Gasteiger partial charge in [0.05, 0.1) is 9.54 Å². The lowest BCUT2D eigenvalue weighted by Gasteiger charge is -2.23. The Morgan fingerprint density at radius 1 is 0.960 bits per heavy atom. The van der Waals surface area contributed by atoms with Crippen molar-refractivity contribution in [2.75, 3.05) is 10.7 Å². The van der Waals surface area contributed by atoms with Crippen LogP contribution in [-0.4, -0.2) is 11.7 Å². The molecule has 4 rings (SSSR count). The third-order valence-corrected chi connectivity index (χ3v) is 6.82. The first-order chi connectivity index (χ1) is 12.2. The first kappa shape index (κ1) is 16.7. The van der Waals surface area contributed by atoms with Gasteiger partial charge in [-0.05, 0) is 64.5 Å². The normalized spacial score (nSPS) is 17.1. The van der Waals surface area contributed by atoms with Crippen molar-refractivity contribution >= 4 is 50.6 Å². The SMILES string of the molecule is O=C1CSC(c2ccc(Br)s2)N1c1ccc(Oc2ccccc2)cc1. The Morgan fingerprint density at radius 3 is 2.36 bits per heavy atom. The summed E-state index contributed by atoms with van der Waals surface area (Å²) in [7, 11) is 0. The zero-order chi connectivity index (χ0) is 17.2. The molecule has 25 heavy (non-hydrogen) atoms. The highest BCUT2D eigenvalue weighted by Crippen LogP contribution is 2.45. The van der Waals surface area contributed by atoms with Crippen LogP contribution in [0.1, 0.15) is 10.3 Å². The summed E-state index contributed by atoms with van der Waals surface area (Å²) >= 11 is 6.83. The lowest BCUT2D eigenvalue weighted by Crippen LogP contribution is -2.27. The Morgan fingerprint density at radius 2 is 1.68 bits per heavy atom. The van der Waals surface area contributed by atoms with Crippen molar-refractivity contribution in [3.8, 4) is 11.5 Å². The van der Waals surface area contributed by atoms with Gasteiger partial charge in [-0.2, -0.15) is 0 Å². The molecule has 0 bridgehead atoms. The van der Waals surface area contributed by atoms with Crippen LogP contribution in [0.15, 0.2) is 70.5 Å². The van der Waals surface area contributed by atoms with Gasteiger partial charge in [-0.15, -0.1) is 23.1 Å². The Balaban J connectivity index is 1.56. The Hall–Kier alpha value is -1.76. The monoisotopic (exact) mass is 431 g/mol. The number of thiophene rings is 1. The second-order valence-corrected chi connectivity index (χ2v) is 9.04. The van der Waals surface area contributed by atoms with Crippen LogP contribution in [0.3, 0.4) is 0 Å². The van der Waals surface area contributed by atoms with Gasteiger partial charge in [0.2, 0.25) is 5.91 Å². The van der Waals surface area contributed by atoms with Crippen LogP contribution in [0.4, 0.5) is 5.69 Å². The quantitative estimate of drug-likeness (QED) is 0.500. The van der Waals surface area contributed by atoms with Crippen LogP contribution in [0, 0.1) is 0 Å². The summed E-state index contributed by atoms with van der Waals surface area (Å²) in [5, 5.41) is 0.0321. The molecule has 2 aromatic carbocycles. The predicted octanol–water partition coefficient (Wildman–Crippen LogP) is 6.08. The average molecular weight is 432 g/mol. The number of thioether (sulfide) groups is 1. The van der Waals surface area contributed by atoms with E-state index in [1.165, 1.54) is 4.88 Å². The van der Waals surface area contributed by atoms with E-state index in [1.54, 1.807) is 23.1 Å². The molecule has 6 heteroatoms. The van der Waals surface area contributed by atoms with Crippen LogP contribution >= 0.6 is 39.0 Å². The molecular formula is C19H14BrNO2S2. The Labute approximate surface area is 162 Å². The highest BCUT2D eigenvalue weighted by atomic mass is 79.9. The van der Waals surface area contributed by atoms with Crippen LogP contribution in [0.25, 0.3) is 0 Å². The molecule has 0 saturated carbocycles.